The summed E-state index contributed by atoms with van der Waals surface area (Å²) in [7, 11) is 0. The lowest BCUT2D eigenvalue weighted by Crippen LogP contribution is -2.15. The molecule has 106 valence electrons. The van der Waals surface area contributed by atoms with Crippen LogP contribution in [0.3, 0.4) is 0 Å². The summed E-state index contributed by atoms with van der Waals surface area (Å²) in [6.45, 7) is 4.28. The number of nitrogens with one attached hydrogen (secondary N) is 1. The van der Waals surface area contributed by atoms with Gasteiger partial charge < -0.3 is 5.32 Å². The molecule has 1 amide bonds. The van der Waals surface area contributed by atoms with Crippen LogP contribution in [0.1, 0.15) is 36.5 Å². The molecule has 0 radical (unpaired) electrons. The smallest absolute Gasteiger partial charge is 0.228 e. The summed E-state index contributed by atoms with van der Waals surface area (Å²) in [4.78, 5) is 12.0. The van der Waals surface area contributed by atoms with Gasteiger partial charge in [-0.25, -0.2) is 0 Å². The minimum Gasteiger partial charge on any atom is -0.325 e. The highest BCUT2D eigenvalue weighted by Gasteiger charge is 2.07. The van der Waals surface area contributed by atoms with E-state index in [0.717, 1.165) is 5.56 Å². The monoisotopic (exact) mass is 278 g/mol. The van der Waals surface area contributed by atoms with E-state index in [2.05, 4.69) is 37.4 Å². The van der Waals surface area contributed by atoms with Gasteiger partial charge in [0, 0.05) is 0 Å². The van der Waals surface area contributed by atoms with Crippen molar-refractivity contribution in [3.05, 3.63) is 65.2 Å². The van der Waals surface area contributed by atoms with E-state index in [0.29, 0.717) is 23.6 Å². The Kier molecular flexibility index (Phi) is 4.73. The van der Waals surface area contributed by atoms with Crippen molar-refractivity contribution in [2.45, 2.75) is 26.2 Å². The van der Waals surface area contributed by atoms with E-state index in [4.69, 9.17) is 5.26 Å². The van der Waals surface area contributed by atoms with Crippen LogP contribution in [0.25, 0.3) is 0 Å². The minimum absolute atomic E-state index is 0.116. The Morgan fingerprint density at radius 2 is 1.81 bits per heavy atom. The summed E-state index contributed by atoms with van der Waals surface area (Å²) in [5.74, 6) is 0.366. The first-order valence-electron chi connectivity index (χ1n) is 6.98. The van der Waals surface area contributed by atoms with Crippen LogP contribution in [0.4, 0.5) is 5.69 Å². The van der Waals surface area contributed by atoms with Crippen molar-refractivity contribution in [1.82, 2.24) is 0 Å². The molecular weight excluding hydrogens is 260 g/mol. The quantitative estimate of drug-likeness (QED) is 0.923. The minimum atomic E-state index is -0.116. The summed E-state index contributed by atoms with van der Waals surface area (Å²) in [5.41, 5.74) is 3.25. The number of nitrogens with zero attached hydrogens (tertiary/aromatic N) is 1. The van der Waals surface area contributed by atoms with Gasteiger partial charge in [0.2, 0.25) is 5.91 Å². The molecule has 0 saturated heterocycles. The van der Waals surface area contributed by atoms with Crippen LogP contribution in [0.2, 0.25) is 0 Å². The Labute approximate surface area is 125 Å². The fourth-order valence-corrected chi connectivity index (χ4v) is 2.09. The third kappa shape index (κ3) is 3.93. The van der Waals surface area contributed by atoms with Crippen molar-refractivity contribution in [3.63, 3.8) is 0 Å². The summed E-state index contributed by atoms with van der Waals surface area (Å²) in [5, 5.41) is 11.8. The number of hydrogen-bond acceptors (Lipinski definition) is 2. The molecule has 2 aromatic carbocycles. The largest absolute Gasteiger partial charge is 0.325 e. The number of benzene rings is 2. The highest BCUT2D eigenvalue weighted by atomic mass is 16.1. The molecule has 0 unspecified atom stereocenters. The lowest BCUT2D eigenvalue weighted by atomic mass is 10.0. The van der Waals surface area contributed by atoms with Crippen molar-refractivity contribution < 1.29 is 4.79 Å². The standard InChI is InChI=1S/C18H18N2O/c1-13(2)15-9-7-14(8-10-15)11-18(21)20-17-6-4-3-5-16(17)12-19/h3-10,13H,11H2,1-2H3,(H,20,21). The third-order valence-electron chi connectivity index (χ3n) is 3.33. The number of amides is 1. The van der Waals surface area contributed by atoms with Gasteiger partial charge in [-0.3, -0.25) is 4.79 Å². The van der Waals surface area contributed by atoms with Crippen molar-refractivity contribution in [3.8, 4) is 6.07 Å². The molecule has 0 aliphatic heterocycles. The Bertz CT molecular complexity index is 666. The Morgan fingerprint density at radius 1 is 1.14 bits per heavy atom. The molecule has 0 aliphatic rings. The molecular formula is C18H18N2O. The normalized spacial score (nSPS) is 10.2. The van der Waals surface area contributed by atoms with Gasteiger partial charge in [0.15, 0.2) is 0 Å². The molecule has 21 heavy (non-hydrogen) atoms. The van der Waals surface area contributed by atoms with Crippen molar-refractivity contribution >= 4 is 11.6 Å². The van der Waals surface area contributed by atoms with Crippen LogP contribution in [-0.4, -0.2) is 5.91 Å². The van der Waals surface area contributed by atoms with Gasteiger partial charge in [0.05, 0.1) is 17.7 Å². The SMILES string of the molecule is CC(C)c1ccc(CC(=O)Nc2ccccc2C#N)cc1. The molecule has 0 aromatic heterocycles. The van der Waals surface area contributed by atoms with Crippen LogP contribution in [-0.2, 0) is 11.2 Å². The van der Waals surface area contributed by atoms with Gasteiger partial charge in [-0.05, 0) is 29.2 Å². The van der Waals surface area contributed by atoms with Crippen molar-refractivity contribution in [2.75, 3.05) is 5.32 Å². The average Bonchev–Trinajstić information content (AvgIpc) is 2.48. The number of carbonyl (C=O) groups is 1. The Balaban J connectivity index is 2.03. The summed E-state index contributed by atoms with van der Waals surface area (Å²) >= 11 is 0. The average molecular weight is 278 g/mol. The van der Waals surface area contributed by atoms with Gasteiger partial charge in [0.1, 0.15) is 6.07 Å². The molecule has 0 bridgehead atoms. The zero-order valence-corrected chi connectivity index (χ0v) is 12.3. The lowest BCUT2D eigenvalue weighted by Gasteiger charge is -2.08. The van der Waals surface area contributed by atoms with Crippen LogP contribution in [0.15, 0.2) is 48.5 Å². The van der Waals surface area contributed by atoms with E-state index < -0.39 is 0 Å². The highest BCUT2D eigenvalue weighted by Crippen LogP contribution is 2.16. The summed E-state index contributed by atoms with van der Waals surface area (Å²) < 4.78 is 0. The topological polar surface area (TPSA) is 52.9 Å². The van der Waals surface area contributed by atoms with Gasteiger partial charge in [-0.15, -0.1) is 0 Å². The molecule has 0 saturated carbocycles. The molecule has 3 nitrogen and oxygen atoms in total. The Hall–Kier alpha value is -2.60. The van der Waals surface area contributed by atoms with Crippen LogP contribution in [0.5, 0.6) is 0 Å². The van der Waals surface area contributed by atoms with E-state index >= 15 is 0 Å². The van der Waals surface area contributed by atoms with Crippen LogP contribution in [0, 0.1) is 11.3 Å². The first kappa shape index (κ1) is 14.8. The maximum atomic E-state index is 12.0. The van der Waals surface area contributed by atoms with Gasteiger partial charge >= 0.3 is 0 Å². The van der Waals surface area contributed by atoms with E-state index in [1.54, 1.807) is 24.3 Å². The number of carbonyl (C=O) groups excluding carboxylic acids is 1. The zero-order chi connectivity index (χ0) is 15.2. The van der Waals surface area contributed by atoms with Gasteiger partial charge in [-0.2, -0.15) is 5.26 Å². The third-order valence-corrected chi connectivity index (χ3v) is 3.33. The maximum Gasteiger partial charge on any atom is 0.228 e. The number of anilines is 1. The first-order valence-corrected chi connectivity index (χ1v) is 6.98. The summed E-state index contributed by atoms with van der Waals surface area (Å²) in [6.07, 6.45) is 0.304. The second-order valence-electron chi connectivity index (χ2n) is 5.28. The highest BCUT2D eigenvalue weighted by molar-refractivity contribution is 5.93. The molecule has 0 aliphatic carbocycles. The van der Waals surface area contributed by atoms with Crippen LogP contribution >= 0.6 is 0 Å². The van der Waals surface area contributed by atoms with Gasteiger partial charge in [-0.1, -0.05) is 50.2 Å². The second kappa shape index (κ2) is 6.71. The van der Waals surface area contributed by atoms with E-state index in [9.17, 15) is 4.79 Å². The number of para-hydroxylation sites is 1. The predicted molar refractivity (Wildman–Crippen MR) is 84.0 cm³/mol. The number of hydrogen-bond donors (Lipinski definition) is 1. The molecule has 1 N–H and O–H groups in total. The van der Waals surface area contributed by atoms with E-state index in [1.807, 2.05) is 12.1 Å². The fourth-order valence-electron chi connectivity index (χ4n) is 2.09. The molecule has 2 aromatic rings. The molecule has 0 atom stereocenters. The summed E-state index contributed by atoms with van der Waals surface area (Å²) in [6, 6.07) is 17.1. The van der Waals surface area contributed by atoms with Gasteiger partial charge in [0.25, 0.3) is 0 Å². The Morgan fingerprint density at radius 3 is 2.43 bits per heavy atom. The molecule has 3 heteroatoms. The lowest BCUT2D eigenvalue weighted by molar-refractivity contribution is -0.115. The molecule has 0 spiro atoms. The fraction of sp³-hybridized carbons (Fsp3) is 0.222. The van der Waals surface area contributed by atoms with Crippen molar-refractivity contribution in [2.24, 2.45) is 0 Å². The molecule has 2 rings (SSSR count). The first-order chi connectivity index (χ1) is 10.1. The predicted octanol–water partition coefficient (Wildman–Crippen LogP) is 3.86. The maximum absolute atomic E-state index is 12.0. The van der Waals surface area contributed by atoms with E-state index in [-0.39, 0.29) is 5.91 Å². The van der Waals surface area contributed by atoms with Crippen molar-refractivity contribution in [1.29, 1.82) is 5.26 Å². The molecule has 0 fully saturated rings. The number of rotatable bonds is 4. The zero-order valence-electron chi connectivity index (χ0n) is 12.3. The molecule has 0 heterocycles. The van der Waals surface area contributed by atoms with Crippen LogP contribution < -0.4 is 5.32 Å². The number of nitriles is 1. The van der Waals surface area contributed by atoms with E-state index in [1.165, 1.54) is 5.56 Å². The second-order valence-corrected chi connectivity index (χ2v) is 5.28.